The monoisotopic (exact) mass is 200 g/mol. The van der Waals surface area contributed by atoms with Crippen molar-refractivity contribution in [2.24, 2.45) is 5.73 Å². The minimum Gasteiger partial charge on any atom is -0.480 e. The van der Waals surface area contributed by atoms with Gasteiger partial charge in [0.2, 0.25) is 5.91 Å². The molecule has 0 radical (unpaired) electrons. The third-order valence-electron chi connectivity index (χ3n) is 2.46. The molecular formula is C9H16N2O3. The van der Waals surface area contributed by atoms with Crippen molar-refractivity contribution in [1.82, 2.24) is 4.90 Å². The van der Waals surface area contributed by atoms with Crippen LogP contribution in [0.4, 0.5) is 0 Å². The Balaban J connectivity index is 2.72. The molecule has 0 aromatic heterocycles. The first-order valence-corrected chi connectivity index (χ1v) is 4.83. The number of hydrogen-bond acceptors (Lipinski definition) is 3. The molecule has 0 aromatic rings. The fourth-order valence-corrected chi connectivity index (χ4v) is 1.71. The molecule has 0 unspecified atom stereocenters. The van der Waals surface area contributed by atoms with E-state index in [1.54, 1.807) is 6.92 Å². The Kier molecular flexibility index (Phi) is 3.46. The molecule has 14 heavy (non-hydrogen) atoms. The highest BCUT2D eigenvalue weighted by Crippen LogP contribution is 2.17. The molecule has 0 aliphatic carbocycles. The van der Waals surface area contributed by atoms with Crippen molar-refractivity contribution in [3.05, 3.63) is 0 Å². The molecule has 1 fully saturated rings. The number of nitrogens with two attached hydrogens (primary N) is 1. The van der Waals surface area contributed by atoms with Gasteiger partial charge >= 0.3 is 5.97 Å². The number of carboxylic acids is 1. The summed E-state index contributed by atoms with van der Waals surface area (Å²) in [4.78, 5) is 23.8. The minimum absolute atomic E-state index is 0.267. The largest absolute Gasteiger partial charge is 0.480 e. The van der Waals surface area contributed by atoms with Crippen LogP contribution >= 0.6 is 0 Å². The third kappa shape index (κ3) is 2.23. The molecule has 1 aliphatic rings. The molecule has 1 saturated heterocycles. The van der Waals surface area contributed by atoms with Crippen molar-refractivity contribution in [1.29, 1.82) is 0 Å². The van der Waals surface area contributed by atoms with E-state index in [4.69, 9.17) is 10.8 Å². The first-order chi connectivity index (χ1) is 6.54. The number of carbonyl (C=O) groups is 2. The van der Waals surface area contributed by atoms with Gasteiger partial charge in [0.15, 0.2) is 0 Å². The van der Waals surface area contributed by atoms with Gasteiger partial charge in [0.25, 0.3) is 0 Å². The minimum atomic E-state index is -0.932. The molecule has 0 saturated carbocycles. The van der Waals surface area contributed by atoms with E-state index in [0.717, 1.165) is 12.8 Å². The van der Waals surface area contributed by atoms with Crippen LogP contribution in [0.3, 0.4) is 0 Å². The van der Waals surface area contributed by atoms with E-state index in [9.17, 15) is 9.59 Å². The summed E-state index contributed by atoms with van der Waals surface area (Å²) in [6.45, 7) is 2.09. The lowest BCUT2D eigenvalue weighted by Crippen LogP contribution is -2.52. The number of hydrogen-bond donors (Lipinski definition) is 2. The Hall–Kier alpha value is -1.10. The van der Waals surface area contributed by atoms with Crippen LogP contribution in [0, 0.1) is 0 Å². The normalized spacial score (nSPS) is 24.4. The van der Waals surface area contributed by atoms with Gasteiger partial charge in [-0.2, -0.15) is 0 Å². The Morgan fingerprint density at radius 1 is 1.50 bits per heavy atom. The Morgan fingerprint density at radius 3 is 2.64 bits per heavy atom. The van der Waals surface area contributed by atoms with Crippen molar-refractivity contribution in [2.75, 3.05) is 6.54 Å². The Bertz CT molecular complexity index is 240. The predicted molar refractivity (Wildman–Crippen MR) is 50.6 cm³/mol. The molecular weight excluding hydrogens is 184 g/mol. The van der Waals surface area contributed by atoms with Crippen LogP contribution in [-0.2, 0) is 9.59 Å². The first kappa shape index (κ1) is 11.0. The average molecular weight is 200 g/mol. The second-order valence-corrected chi connectivity index (χ2v) is 3.67. The summed E-state index contributed by atoms with van der Waals surface area (Å²) in [5.74, 6) is -1.20. The van der Waals surface area contributed by atoms with Crippen molar-refractivity contribution in [2.45, 2.75) is 38.3 Å². The highest BCUT2D eigenvalue weighted by Gasteiger charge is 2.32. The zero-order valence-corrected chi connectivity index (χ0v) is 8.27. The van der Waals surface area contributed by atoms with E-state index in [-0.39, 0.29) is 5.91 Å². The van der Waals surface area contributed by atoms with E-state index in [2.05, 4.69) is 0 Å². The molecule has 80 valence electrons. The van der Waals surface area contributed by atoms with Crippen LogP contribution in [0.2, 0.25) is 0 Å². The Morgan fingerprint density at radius 2 is 2.14 bits per heavy atom. The van der Waals surface area contributed by atoms with Crippen molar-refractivity contribution in [3.63, 3.8) is 0 Å². The van der Waals surface area contributed by atoms with E-state index in [1.165, 1.54) is 4.90 Å². The summed E-state index contributed by atoms with van der Waals surface area (Å²) in [5.41, 5.74) is 5.44. The van der Waals surface area contributed by atoms with Gasteiger partial charge in [-0.15, -0.1) is 0 Å². The molecule has 1 aliphatic heterocycles. The number of amides is 1. The summed E-state index contributed by atoms with van der Waals surface area (Å²) in [7, 11) is 0. The van der Waals surface area contributed by atoms with Gasteiger partial charge < -0.3 is 15.7 Å². The lowest BCUT2D eigenvalue weighted by Gasteiger charge is -2.33. The van der Waals surface area contributed by atoms with Gasteiger partial charge in [-0.1, -0.05) is 0 Å². The van der Waals surface area contributed by atoms with Gasteiger partial charge in [0.1, 0.15) is 6.04 Å². The average Bonchev–Trinajstić information content (AvgIpc) is 2.16. The fraction of sp³-hybridized carbons (Fsp3) is 0.778. The molecule has 1 heterocycles. The van der Waals surface area contributed by atoms with Crippen LogP contribution in [0.15, 0.2) is 0 Å². The number of likely N-dealkylation sites (tertiary alicyclic amines) is 1. The number of nitrogens with zero attached hydrogens (tertiary/aromatic N) is 1. The molecule has 0 bridgehead atoms. The zero-order valence-electron chi connectivity index (χ0n) is 8.27. The van der Waals surface area contributed by atoms with E-state index >= 15 is 0 Å². The summed E-state index contributed by atoms with van der Waals surface area (Å²) in [5, 5.41) is 8.90. The standard InChI is InChI=1S/C9H16N2O3/c1-6(10)8(12)11-5-3-2-4-7(11)9(13)14/h6-7H,2-5,10H2,1H3,(H,13,14)/t6-,7-/m1/s1. The highest BCUT2D eigenvalue weighted by molar-refractivity contribution is 5.86. The van der Waals surface area contributed by atoms with E-state index < -0.39 is 18.1 Å². The number of piperidine rings is 1. The van der Waals surface area contributed by atoms with Crippen LogP contribution in [-0.4, -0.2) is 40.5 Å². The highest BCUT2D eigenvalue weighted by atomic mass is 16.4. The number of carboxylic acid groups (broad SMARTS) is 1. The third-order valence-corrected chi connectivity index (χ3v) is 2.46. The maximum absolute atomic E-state index is 11.6. The number of rotatable bonds is 2. The van der Waals surface area contributed by atoms with Crippen LogP contribution in [0.25, 0.3) is 0 Å². The molecule has 5 nitrogen and oxygen atoms in total. The quantitative estimate of drug-likeness (QED) is 0.646. The smallest absolute Gasteiger partial charge is 0.326 e. The first-order valence-electron chi connectivity index (χ1n) is 4.83. The molecule has 2 atom stereocenters. The second-order valence-electron chi connectivity index (χ2n) is 3.67. The fourth-order valence-electron chi connectivity index (χ4n) is 1.71. The molecule has 5 heteroatoms. The Labute approximate surface area is 82.9 Å². The topological polar surface area (TPSA) is 83.6 Å². The summed E-state index contributed by atoms with van der Waals surface area (Å²) < 4.78 is 0. The molecule has 0 spiro atoms. The van der Waals surface area contributed by atoms with Crippen LogP contribution in [0.5, 0.6) is 0 Å². The zero-order chi connectivity index (χ0) is 10.7. The molecule has 1 amide bonds. The number of aliphatic carboxylic acids is 1. The lowest BCUT2D eigenvalue weighted by molar-refractivity contribution is -0.152. The van der Waals surface area contributed by atoms with Gasteiger partial charge in [-0.05, 0) is 26.2 Å². The number of carbonyl (C=O) groups excluding carboxylic acids is 1. The van der Waals surface area contributed by atoms with Gasteiger partial charge in [-0.25, -0.2) is 4.79 Å². The summed E-state index contributed by atoms with van der Waals surface area (Å²) >= 11 is 0. The molecule has 0 aromatic carbocycles. The second kappa shape index (κ2) is 4.41. The van der Waals surface area contributed by atoms with E-state index in [0.29, 0.717) is 13.0 Å². The predicted octanol–water partition coefficient (Wildman–Crippen LogP) is -0.201. The van der Waals surface area contributed by atoms with Gasteiger partial charge in [-0.3, -0.25) is 4.79 Å². The maximum Gasteiger partial charge on any atom is 0.326 e. The SMILES string of the molecule is C[C@@H](N)C(=O)N1CCCC[C@@H]1C(=O)O. The maximum atomic E-state index is 11.6. The summed E-state index contributed by atoms with van der Waals surface area (Å²) in [6.07, 6.45) is 2.26. The van der Waals surface area contributed by atoms with Crippen LogP contribution in [0.1, 0.15) is 26.2 Å². The lowest BCUT2D eigenvalue weighted by atomic mass is 10.0. The van der Waals surface area contributed by atoms with E-state index in [1.807, 2.05) is 0 Å². The van der Waals surface area contributed by atoms with Gasteiger partial charge in [0.05, 0.1) is 6.04 Å². The van der Waals surface area contributed by atoms with Crippen molar-refractivity contribution >= 4 is 11.9 Å². The van der Waals surface area contributed by atoms with Crippen LogP contribution < -0.4 is 5.73 Å². The van der Waals surface area contributed by atoms with Crippen molar-refractivity contribution < 1.29 is 14.7 Å². The van der Waals surface area contributed by atoms with Crippen molar-refractivity contribution in [3.8, 4) is 0 Å². The summed E-state index contributed by atoms with van der Waals surface area (Å²) in [6, 6.07) is -1.29. The molecule has 1 rings (SSSR count). The molecule has 3 N–H and O–H groups in total. The van der Waals surface area contributed by atoms with Gasteiger partial charge in [0, 0.05) is 6.54 Å².